The Morgan fingerprint density at radius 1 is 1.20 bits per heavy atom. The topological polar surface area (TPSA) is 12.4 Å². The minimum Gasteiger partial charge on any atom is -0.297 e. The zero-order valence-corrected chi connectivity index (χ0v) is 7.01. The molecule has 0 radical (unpaired) electrons. The summed E-state index contributed by atoms with van der Waals surface area (Å²) in [6, 6.07) is 0. The van der Waals surface area contributed by atoms with Crippen LogP contribution in [-0.2, 0) is 0 Å². The summed E-state index contributed by atoms with van der Waals surface area (Å²) in [5, 5.41) is 0. The summed E-state index contributed by atoms with van der Waals surface area (Å²) in [5.74, 6) is 1.66. The van der Waals surface area contributed by atoms with Crippen LogP contribution in [0.4, 0.5) is 0 Å². The van der Waals surface area contributed by atoms with Gasteiger partial charge in [-0.05, 0) is 30.9 Å². The Labute approximate surface area is 63.5 Å². The van der Waals surface area contributed by atoms with E-state index in [0.717, 1.165) is 18.4 Å². The first kappa shape index (κ1) is 7.77. The fourth-order valence-corrected chi connectivity index (χ4v) is 1.29. The molecule has 0 fully saturated rings. The quantitative estimate of drug-likeness (QED) is 0.489. The van der Waals surface area contributed by atoms with Crippen LogP contribution in [0, 0.1) is 11.8 Å². The van der Waals surface area contributed by atoms with Gasteiger partial charge in [0.1, 0.15) is 0 Å². The molecule has 58 valence electrons. The molecule has 1 aliphatic rings. The molecule has 1 nitrogen and oxygen atoms in total. The van der Waals surface area contributed by atoms with E-state index in [9.17, 15) is 0 Å². The maximum absolute atomic E-state index is 4.34. The van der Waals surface area contributed by atoms with E-state index in [-0.39, 0.29) is 0 Å². The van der Waals surface area contributed by atoms with Crippen LogP contribution in [0.5, 0.6) is 0 Å². The number of nitrogens with zero attached hydrogens (tertiary/aromatic N) is 1. The van der Waals surface area contributed by atoms with Crippen molar-refractivity contribution in [2.75, 3.05) is 6.54 Å². The lowest BCUT2D eigenvalue weighted by Gasteiger charge is -2.15. The van der Waals surface area contributed by atoms with Crippen molar-refractivity contribution in [2.45, 2.75) is 33.1 Å². The third-order valence-corrected chi connectivity index (χ3v) is 2.21. The molecule has 1 aliphatic heterocycles. The van der Waals surface area contributed by atoms with Crippen LogP contribution in [0.2, 0.25) is 0 Å². The fraction of sp³-hybridized carbons (Fsp3) is 0.889. The van der Waals surface area contributed by atoms with Crippen molar-refractivity contribution >= 4 is 6.21 Å². The summed E-state index contributed by atoms with van der Waals surface area (Å²) in [4.78, 5) is 4.34. The molecule has 1 heteroatoms. The third kappa shape index (κ3) is 2.51. The van der Waals surface area contributed by atoms with Gasteiger partial charge < -0.3 is 0 Å². The van der Waals surface area contributed by atoms with E-state index in [1.165, 1.54) is 19.3 Å². The van der Waals surface area contributed by atoms with Gasteiger partial charge in [-0.25, -0.2) is 0 Å². The van der Waals surface area contributed by atoms with Crippen molar-refractivity contribution in [1.82, 2.24) is 0 Å². The van der Waals surface area contributed by atoms with Crippen LogP contribution in [0.1, 0.15) is 33.1 Å². The summed E-state index contributed by atoms with van der Waals surface area (Å²) in [6.45, 7) is 5.64. The molecule has 10 heavy (non-hydrogen) atoms. The molecule has 0 aromatic heterocycles. The fourth-order valence-electron chi connectivity index (χ4n) is 1.29. The molecule has 0 N–H and O–H groups in total. The summed E-state index contributed by atoms with van der Waals surface area (Å²) < 4.78 is 0. The number of hydrogen-bond donors (Lipinski definition) is 0. The summed E-state index contributed by atoms with van der Waals surface area (Å²) in [7, 11) is 0. The molecule has 2 unspecified atom stereocenters. The SMILES string of the molecule is CC1CC=NCC(C)CC1. The molecule has 0 amide bonds. The Bertz CT molecular complexity index is 104. The normalized spacial score (nSPS) is 35.0. The smallest absolute Gasteiger partial charge is 0.0411 e. The first-order valence-electron chi connectivity index (χ1n) is 4.27. The monoisotopic (exact) mass is 139 g/mol. The van der Waals surface area contributed by atoms with Crippen LogP contribution in [-0.4, -0.2) is 12.8 Å². The Hall–Kier alpha value is -0.330. The van der Waals surface area contributed by atoms with Gasteiger partial charge in [0.25, 0.3) is 0 Å². The van der Waals surface area contributed by atoms with Crippen LogP contribution in [0.15, 0.2) is 4.99 Å². The minimum absolute atomic E-state index is 0.805. The molecule has 1 heterocycles. The van der Waals surface area contributed by atoms with Gasteiger partial charge >= 0.3 is 0 Å². The van der Waals surface area contributed by atoms with Crippen LogP contribution < -0.4 is 0 Å². The van der Waals surface area contributed by atoms with Crippen molar-refractivity contribution in [3.05, 3.63) is 0 Å². The van der Waals surface area contributed by atoms with E-state index in [4.69, 9.17) is 0 Å². The Balaban J connectivity index is 2.37. The number of rotatable bonds is 0. The first-order chi connectivity index (χ1) is 4.79. The Kier molecular flexibility index (Phi) is 2.91. The van der Waals surface area contributed by atoms with Crippen molar-refractivity contribution in [3.8, 4) is 0 Å². The number of aliphatic imine (C=N–C) groups is 1. The lowest BCUT2D eigenvalue weighted by molar-refractivity contribution is 0.436. The molecule has 0 aromatic carbocycles. The minimum atomic E-state index is 0.805. The van der Waals surface area contributed by atoms with Gasteiger partial charge in [0.15, 0.2) is 0 Å². The van der Waals surface area contributed by atoms with Crippen molar-refractivity contribution in [3.63, 3.8) is 0 Å². The predicted octanol–water partition coefficient (Wildman–Crippen LogP) is 2.51. The lowest BCUT2D eigenvalue weighted by atomic mass is 9.95. The highest BCUT2D eigenvalue weighted by Gasteiger charge is 2.07. The second kappa shape index (κ2) is 3.75. The largest absolute Gasteiger partial charge is 0.297 e. The van der Waals surface area contributed by atoms with E-state index < -0.39 is 0 Å². The lowest BCUT2D eigenvalue weighted by Crippen LogP contribution is -2.07. The Morgan fingerprint density at radius 2 is 1.90 bits per heavy atom. The van der Waals surface area contributed by atoms with Gasteiger partial charge in [0.2, 0.25) is 0 Å². The van der Waals surface area contributed by atoms with E-state index in [0.29, 0.717) is 0 Å². The number of hydrogen-bond acceptors (Lipinski definition) is 1. The van der Waals surface area contributed by atoms with Gasteiger partial charge in [-0.2, -0.15) is 0 Å². The average Bonchev–Trinajstić information content (AvgIpc) is 1.90. The highest BCUT2D eigenvalue weighted by molar-refractivity contribution is 5.57. The van der Waals surface area contributed by atoms with Gasteiger partial charge in [-0.15, -0.1) is 0 Å². The Morgan fingerprint density at radius 3 is 2.70 bits per heavy atom. The van der Waals surface area contributed by atoms with Crippen molar-refractivity contribution in [1.29, 1.82) is 0 Å². The molecule has 0 saturated heterocycles. The van der Waals surface area contributed by atoms with E-state index in [1.807, 2.05) is 0 Å². The van der Waals surface area contributed by atoms with Gasteiger partial charge in [0, 0.05) is 6.54 Å². The predicted molar refractivity (Wildman–Crippen MR) is 45.5 cm³/mol. The van der Waals surface area contributed by atoms with E-state index in [2.05, 4.69) is 25.1 Å². The van der Waals surface area contributed by atoms with Gasteiger partial charge in [-0.3, -0.25) is 4.99 Å². The van der Waals surface area contributed by atoms with Gasteiger partial charge in [-0.1, -0.05) is 20.3 Å². The maximum Gasteiger partial charge on any atom is 0.0411 e. The molecule has 2 atom stereocenters. The second-order valence-electron chi connectivity index (χ2n) is 3.57. The van der Waals surface area contributed by atoms with Gasteiger partial charge in [0.05, 0.1) is 0 Å². The zero-order valence-electron chi connectivity index (χ0n) is 7.01. The highest BCUT2D eigenvalue weighted by Crippen LogP contribution is 2.16. The molecule has 1 rings (SSSR count). The molecule has 0 aromatic rings. The summed E-state index contributed by atoms with van der Waals surface area (Å²) in [5.41, 5.74) is 0. The standard InChI is InChI=1S/C9H17N/c1-8-3-4-9(2)7-10-6-5-8/h6,8-9H,3-5,7H2,1-2H3. The van der Waals surface area contributed by atoms with Crippen molar-refractivity contribution in [2.24, 2.45) is 16.8 Å². The van der Waals surface area contributed by atoms with Crippen molar-refractivity contribution < 1.29 is 0 Å². The second-order valence-corrected chi connectivity index (χ2v) is 3.57. The van der Waals surface area contributed by atoms with E-state index >= 15 is 0 Å². The molecular weight excluding hydrogens is 122 g/mol. The maximum atomic E-state index is 4.34. The highest BCUT2D eigenvalue weighted by atomic mass is 14.7. The van der Waals surface area contributed by atoms with E-state index in [1.54, 1.807) is 0 Å². The van der Waals surface area contributed by atoms with Crippen LogP contribution >= 0.6 is 0 Å². The summed E-state index contributed by atoms with van der Waals surface area (Å²) >= 11 is 0. The third-order valence-electron chi connectivity index (χ3n) is 2.21. The molecule has 0 aliphatic carbocycles. The zero-order chi connectivity index (χ0) is 7.40. The molecular formula is C9H17N. The summed E-state index contributed by atoms with van der Waals surface area (Å²) in [6.07, 6.45) is 6.03. The van der Waals surface area contributed by atoms with Crippen LogP contribution in [0.25, 0.3) is 0 Å². The average molecular weight is 139 g/mol. The molecule has 0 bridgehead atoms. The first-order valence-corrected chi connectivity index (χ1v) is 4.27. The molecule has 0 spiro atoms. The molecule has 0 saturated carbocycles. The van der Waals surface area contributed by atoms with Crippen LogP contribution in [0.3, 0.4) is 0 Å².